The topological polar surface area (TPSA) is 94.6 Å². The maximum atomic E-state index is 13.0. The highest BCUT2D eigenvalue weighted by Crippen LogP contribution is 2.42. The first-order valence-electron chi connectivity index (χ1n) is 7.71. The normalized spacial score (nSPS) is 17.7. The summed E-state index contributed by atoms with van der Waals surface area (Å²) < 4.78 is 56.5. The lowest BCUT2D eigenvalue weighted by atomic mass is 10.0. The third-order valence-electron chi connectivity index (χ3n) is 4.17. The van der Waals surface area contributed by atoms with Crippen LogP contribution in [0.25, 0.3) is 0 Å². The number of sulfone groups is 2. The van der Waals surface area contributed by atoms with Crippen molar-refractivity contribution in [3.63, 3.8) is 0 Å². The van der Waals surface area contributed by atoms with Crippen LogP contribution in [0.15, 0.2) is 56.0 Å². The van der Waals surface area contributed by atoms with Gasteiger partial charge in [0.05, 0.1) is 32.1 Å². The number of halogens is 1. The molecule has 1 aliphatic heterocycles. The van der Waals surface area contributed by atoms with Gasteiger partial charge in [-0.2, -0.15) is 0 Å². The molecule has 0 aromatic heterocycles. The minimum atomic E-state index is -4.10. The van der Waals surface area contributed by atoms with Gasteiger partial charge in [0.25, 0.3) is 0 Å². The van der Waals surface area contributed by atoms with Crippen molar-refractivity contribution in [2.45, 2.75) is 39.3 Å². The van der Waals surface area contributed by atoms with E-state index < -0.39 is 31.6 Å². The van der Waals surface area contributed by atoms with E-state index in [-0.39, 0.29) is 31.2 Å². The summed E-state index contributed by atoms with van der Waals surface area (Å²) in [4.78, 5) is 10.6. The zero-order valence-corrected chi connectivity index (χ0v) is 16.3. The Morgan fingerprint density at radius 3 is 2.12 bits per heavy atom. The minimum Gasteiger partial charge on any atom is -0.466 e. The summed E-state index contributed by atoms with van der Waals surface area (Å²) in [6.45, 7) is 3.41. The van der Waals surface area contributed by atoms with Gasteiger partial charge >= 0.3 is 5.97 Å². The SMILES string of the molecule is CCOC(=O)C(C)c1ccc2c(c1)S(=O)(=O)c1cc(Cl)ccc1S2(=O)=O. The van der Waals surface area contributed by atoms with Crippen LogP contribution in [0.1, 0.15) is 25.3 Å². The number of carbonyl (C=O) groups is 1. The molecule has 0 amide bonds. The van der Waals surface area contributed by atoms with Crippen LogP contribution in [0.3, 0.4) is 0 Å². The van der Waals surface area contributed by atoms with E-state index in [2.05, 4.69) is 0 Å². The van der Waals surface area contributed by atoms with E-state index in [1.807, 2.05) is 0 Å². The Kier molecular flexibility index (Phi) is 4.62. The molecule has 6 nitrogen and oxygen atoms in total. The van der Waals surface area contributed by atoms with Crippen molar-refractivity contribution in [2.75, 3.05) is 6.61 Å². The summed E-state index contributed by atoms with van der Waals surface area (Å²) in [5.41, 5.74) is 0.353. The van der Waals surface area contributed by atoms with Gasteiger partial charge in [0.1, 0.15) is 0 Å². The molecule has 26 heavy (non-hydrogen) atoms. The van der Waals surface area contributed by atoms with Gasteiger partial charge in [0.2, 0.25) is 19.7 Å². The van der Waals surface area contributed by atoms with Gasteiger partial charge in [-0.15, -0.1) is 0 Å². The van der Waals surface area contributed by atoms with Gasteiger partial charge in [-0.25, -0.2) is 16.8 Å². The molecule has 1 aliphatic rings. The molecule has 0 saturated carbocycles. The Hall–Kier alpha value is -1.90. The predicted molar refractivity (Wildman–Crippen MR) is 93.8 cm³/mol. The molecule has 3 rings (SSSR count). The lowest BCUT2D eigenvalue weighted by Gasteiger charge is -2.21. The first kappa shape index (κ1) is 18.9. The van der Waals surface area contributed by atoms with Crippen molar-refractivity contribution in [3.05, 3.63) is 47.0 Å². The van der Waals surface area contributed by atoms with Crippen LogP contribution in [-0.4, -0.2) is 29.4 Å². The Bertz CT molecular complexity index is 1120. The Morgan fingerprint density at radius 1 is 0.962 bits per heavy atom. The van der Waals surface area contributed by atoms with Crippen LogP contribution < -0.4 is 0 Å². The van der Waals surface area contributed by atoms with E-state index in [1.165, 1.54) is 30.3 Å². The number of carbonyl (C=O) groups excluding carboxylic acids is 1. The van der Waals surface area contributed by atoms with Crippen LogP contribution in [0, 0.1) is 0 Å². The zero-order valence-electron chi connectivity index (χ0n) is 13.9. The van der Waals surface area contributed by atoms with Crippen molar-refractivity contribution in [1.82, 2.24) is 0 Å². The number of rotatable bonds is 3. The molecular formula is C17H15ClO6S2. The summed E-state index contributed by atoms with van der Waals surface area (Å²) in [6, 6.07) is 7.49. The lowest BCUT2D eigenvalue weighted by Crippen LogP contribution is -2.21. The van der Waals surface area contributed by atoms with E-state index in [0.717, 1.165) is 6.07 Å². The molecule has 0 spiro atoms. The van der Waals surface area contributed by atoms with Crippen LogP contribution >= 0.6 is 11.6 Å². The molecular weight excluding hydrogens is 400 g/mol. The molecule has 2 aromatic carbocycles. The molecule has 0 saturated heterocycles. The van der Waals surface area contributed by atoms with E-state index in [4.69, 9.17) is 16.3 Å². The summed E-state index contributed by atoms with van der Waals surface area (Å²) >= 11 is 5.86. The average Bonchev–Trinajstić information content (AvgIpc) is 2.59. The first-order chi connectivity index (χ1) is 12.1. The summed E-state index contributed by atoms with van der Waals surface area (Å²) in [5.74, 6) is -1.26. The second-order valence-electron chi connectivity index (χ2n) is 5.78. The van der Waals surface area contributed by atoms with Crippen molar-refractivity contribution < 1.29 is 26.4 Å². The van der Waals surface area contributed by atoms with Gasteiger partial charge in [0, 0.05) is 5.02 Å². The summed E-state index contributed by atoms with van der Waals surface area (Å²) in [5, 5.41) is 0.113. The van der Waals surface area contributed by atoms with Gasteiger partial charge in [0.15, 0.2) is 0 Å². The number of fused-ring (bicyclic) bond motifs is 2. The largest absolute Gasteiger partial charge is 0.466 e. The fraction of sp³-hybridized carbons (Fsp3) is 0.235. The fourth-order valence-corrected chi connectivity index (χ4v) is 7.19. The van der Waals surface area contributed by atoms with Gasteiger partial charge in [-0.05, 0) is 49.7 Å². The Balaban J connectivity index is 2.25. The van der Waals surface area contributed by atoms with Crippen molar-refractivity contribution >= 4 is 37.2 Å². The number of benzene rings is 2. The standard InChI is InChI=1S/C17H15ClO6S2/c1-3-24-17(19)10(2)11-4-6-13-15(8-11)26(22,23)16-9-12(18)5-7-14(16)25(13,20)21/h4-10H,3H2,1-2H3. The molecule has 0 fully saturated rings. The Labute approximate surface area is 156 Å². The summed E-state index contributed by atoms with van der Waals surface area (Å²) in [7, 11) is -8.12. The Morgan fingerprint density at radius 2 is 1.50 bits per heavy atom. The molecule has 1 heterocycles. The third-order valence-corrected chi connectivity index (χ3v) is 8.37. The number of hydrogen-bond donors (Lipinski definition) is 0. The van der Waals surface area contributed by atoms with Crippen molar-refractivity contribution in [1.29, 1.82) is 0 Å². The molecule has 0 aliphatic carbocycles. The first-order valence-corrected chi connectivity index (χ1v) is 11.1. The second-order valence-corrected chi connectivity index (χ2v) is 9.99. The zero-order chi connectivity index (χ0) is 19.3. The highest BCUT2D eigenvalue weighted by Gasteiger charge is 2.39. The average molecular weight is 415 g/mol. The van der Waals surface area contributed by atoms with Crippen LogP contribution in [0.5, 0.6) is 0 Å². The van der Waals surface area contributed by atoms with Gasteiger partial charge in [-0.3, -0.25) is 4.79 Å². The summed E-state index contributed by atoms with van der Waals surface area (Å²) in [6.07, 6.45) is 0. The highest BCUT2D eigenvalue weighted by molar-refractivity contribution is 7.97. The number of esters is 1. The molecule has 1 atom stereocenters. The van der Waals surface area contributed by atoms with Crippen LogP contribution in [0.4, 0.5) is 0 Å². The molecule has 1 unspecified atom stereocenters. The van der Waals surface area contributed by atoms with Crippen LogP contribution in [-0.2, 0) is 29.2 Å². The van der Waals surface area contributed by atoms with E-state index >= 15 is 0 Å². The quantitative estimate of drug-likeness (QED) is 0.611. The number of hydrogen-bond acceptors (Lipinski definition) is 6. The van der Waals surface area contributed by atoms with E-state index in [1.54, 1.807) is 13.8 Å². The molecule has 0 radical (unpaired) electrons. The third kappa shape index (κ3) is 2.82. The fourth-order valence-electron chi connectivity index (χ4n) is 2.78. The predicted octanol–water partition coefficient (Wildman–Crippen LogP) is 2.99. The smallest absolute Gasteiger partial charge is 0.313 e. The molecule has 0 bridgehead atoms. The molecule has 9 heteroatoms. The van der Waals surface area contributed by atoms with E-state index in [9.17, 15) is 21.6 Å². The van der Waals surface area contributed by atoms with Crippen molar-refractivity contribution in [3.8, 4) is 0 Å². The second kappa shape index (κ2) is 6.37. The molecule has 0 N–H and O–H groups in total. The van der Waals surface area contributed by atoms with E-state index in [0.29, 0.717) is 5.56 Å². The van der Waals surface area contributed by atoms with Gasteiger partial charge < -0.3 is 4.74 Å². The monoisotopic (exact) mass is 414 g/mol. The molecule has 2 aromatic rings. The highest BCUT2D eigenvalue weighted by atomic mass is 35.5. The maximum Gasteiger partial charge on any atom is 0.313 e. The minimum absolute atomic E-state index is 0.113. The number of ether oxygens (including phenoxy) is 1. The van der Waals surface area contributed by atoms with Gasteiger partial charge in [-0.1, -0.05) is 17.7 Å². The van der Waals surface area contributed by atoms with Crippen LogP contribution in [0.2, 0.25) is 5.02 Å². The lowest BCUT2D eigenvalue weighted by molar-refractivity contribution is -0.144. The van der Waals surface area contributed by atoms with Crippen molar-refractivity contribution in [2.24, 2.45) is 0 Å². The maximum absolute atomic E-state index is 13.0. The molecule has 138 valence electrons.